The molecule has 0 saturated carbocycles. The summed E-state index contributed by atoms with van der Waals surface area (Å²) >= 11 is 0. The van der Waals surface area contributed by atoms with Crippen LogP contribution in [0.25, 0.3) is 0 Å². The van der Waals surface area contributed by atoms with Gasteiger partial charge in [0, 0.05) is 19.7 Å². The first-order chi connectivity index (χ1) is 9.43. The second kappa shape index (κ2) is 8.09. The number of nitrogens with one attached hydrogen (secondary N) is 1. The third-order valence-electron chi connectivity index (χ3n) is 3.69. The molecular weight excluding hydrogens is 258 g/mol. The Morgan fingerprint density at radius 1 is 1.45 bits per heavy atom. The number of likely N-dealkylation sites (tertiary alicyclic amines) is 1. The van der Waals surface area contributed by atoms with Crippen molar-refractivity contribution in [1.82, 2.24) is 10.2 Å². The van der Waals surface area contributed by atoms with Crippen molar-refractivity contribution < 1.29 is 14.7 Å². The van der Waals surface area contributed by atoms with E-state index in [0.717, 1.165) is 25.8 Å². The lowest BCUT2D eigenvalue weighted by atomic mass is 9.94. The van der Waals surface area contributed by atoms with Crippen LogP contribution in [0.5, 0.6) is 0 Å². The fraction of sp³-hybridized carbons (Fsp3) is 0.857. The molecule has 0 aromatic rings. The second-order valence-corrected chi connectivity index (χ2v) is 6.00. The average molecular weight is 285 g/mol. The standard InChI is InChI=1S/C14H27N3O3/c1-10(2)8-12(16-14(15)20)13(19)17-6-3-4-11(9-17)5-7-18/h10-12,18H,3-9H2,1-2H3,(H3,15,16,20). The van der Waals surface area contributed by atoms with Crippen LogP contribution in [0, 0.1) is 11.8 Å². The van der Waals surface area contributed by atoms with Crippen LogP contribution in [-0.2, 0) is 4.79 Å². The number of hydrogen-bond acceptors (Lipinski definition) is 3. The number of carbonyl (C=O) groups excluding carboxylic acids is 2. The third-order valence-corrected chi connectivity index (χ3v) is 3.69. The molecule has 0 radical (unpaired) electrons. The van der Waals surface area contributed by atoms with E-state index in [1.54, 1.807) is 4.90 Å². The molecule has 4 N–H and O–H groups in total. The Balaban J connectivity index is 2.64. The highest BCUT2D eigenvalue weighted by molar-refractivity contribution is 5.86. The molecule has 2 atom stereocenters. The lowest BCUT2D eigenvalue weighted by Crippen LogP contribution is -2.52. The fourth-order valence-electron chi connectivity index (χ4n) is 2.77. The van der Waals surface area contributed by atoms with Crippen molar-refractivity contribution >= 4 is 11.9 Å². The molecule has 1 rings (SSSR count). The molecular formula is C14H27N3O3. The normalized spacial score (nSPS) is 20.8. The highest BCUT2D eigenvalue weighted by Gasteiger charge is 2.29. The van der Waals surface area contributed by atoms with E-state index in [0.29, 0.717) is 24.8 Å². The van der Waals surface area contributed by atoms with Crippen LogP contribution in [0.2, 0.25) is 0 Å². The van der Waals surface area contributed by atoms with E-state index in [1.165, 1.54) is 0 Å². The lowest BCUT2D eigenvalue weighted by Gasteiger charge is -2.35. The summed E-state index contributed by atoms with van der Waals surface area (Å²) in [6.45, 7) is 5.55. The van der Waals surface area contributed by atoms with Crippen LogP contribution in [0.4, 0.5) is 4.79 Å². The zero-order chi connectivity index (χ0) is 15.1. The molecule has 1 fully saturated rings. The van der Waals surface area contributed by atoms with Crippen molar-refractivity contribution in [1.29, 1.82) is 0 Å². The van der Waals surface area contributed by atoms with Crippen LogP contribution in [-0.4, -0.2) is 47.7 Å². The molecule has 0 aromatic carbocycles. The molecule has 2 unspecified atom stereocenters. The van der Waals surface area contributed by atoms with Gasteiger partial charge in [-0.25, -0.2) is 4.79 Å². The maximum absolute atomic E-state index is 12.5. The quantitative estimate of drug-likeness (QED) is 0.670. The Bertz CT molecular complexity index is 332. The SMILES string of the molecule is CC(C)CC(NC(N)=O)C(=O)N1CCCC(CCO)C1. The highest BCUT2D eigenvalue weighted by Crippen LogP contribution is 2.20. The number of aliphatic hydroxyl groups excluding tert-OH is 1. The fourth-order valence-corrected chi connectivity index (χ4v) is 2.77. The van der Waals surface area contributed by atoms with Gasteiger partial charge in [0.05, 0.1) is 0 Å². The number of primary amides is 1. The number of piperidine rings is 1. The van der Waals surface area contributed by atoms with Gasteiger partial charge in [0.1, 0.15) is 6.04 Å². The first kappa shape index (κ1) is 16.8. The van der Waals surface area contributed by atoms with Gasteiger partial charge in [-0.15, -0.1) is 0 Å². The maximum Gasteiger partial charge on any atom is 0.312 e. The summed E-state index contributed by atoms with van der Waals surface area (Å²) in [5, 5.41) is 11.6. The molecule has 20 heavy (non-hydrogen) atoms. The van der Waals surface area contributed by atoms with Crippen LogP contribution in [0.3, 0.4) is 0 Å². The average Bonchev–Trinajstić information content (AvgIpc) is 2.37. The molecule has 3 amide bonds. The van der Waals surface area contributed by atoms with Crippen LogP contribution >= 0.6 is 0 Å². The zero-order valence-electron chi connectivity index (χ0n) is 12.5. The van der Waals surface area contributed by atoms with Crippen molar-refractivity contribution in [3.63, 3.8) is 0 Å². The third kappa shape index (κ3) is 5.36. The number of aliphatic hydroxyl groups is 1. The molecule has 0 aromatic heterocycles. The Morgan fingerprint density at radius 2 is 2.15 bits per heavy atom. The summed E-state index contributed by atoms with van der Waals surface area (Å²) in [7, 11) is 0. The van der Waals surface area contributed by atoms with Crippen LogP contribution in [0.1, 0.15) is 39.5 Å². The Labute approximate surface area is 120 Å². The highest BCUT2D eigenvalue weighted by atomic mass is 16.3. The van der Waals surface area contributed by atoms with Crippen molar-refractivity contribution in [2.75, 3.05) is 19.7 Å². The van der Waals surface area contributed by atoms with E-state index in [9.17, 15) is 9.59 Å². The minimum atomic E-state index is -0.659. The smallest absolute Gasteiger partial charge is 0.312 e. The topological polar surface area (TPSA) is 95.7 Å². The van der Waals surface area contributed by atoms with Crippen molar-refractivity contribution in [2.24, 2.45) is 17.6 Å². The van der Waals surface area contributed by atoms with Crippen LogP contribution < -0.4 is 11.1 Å². The number of urea groups is 1. The van der Waals surface area contributed by atoms with Gasteiger partial charge in [-0.1, -0.05) is 13.8 Å². The molecule has 1 aliphatic rings. The largest absolute Gasteiger partial charge is 0.396 e. The van der Waals surface area contributed by atoms with E-state index in [2.05, 4.69) is 5.32 Å². The molecule has 1 saturated heterocycles. The number of hydrogen-bond donors (Lipinski definition) is 3. The number of rotatable bonds is 6. The van der Waals surface area contributed by atoms with Crippen LogP contribution in [0.15, 0.2) is 0 Å². The van der Waals surface area contributed by atoms with Gasteiger partial charge in [0.2, 0.25) is 5.91 Å². The summed E-state index contributed by atoms with van der Waals surface area (Å²) < 4.78 is 0. The Morgan fingerprint density at radius 3 is 2.70 bits per heavy atom. The van der Waals surface area contributed by atoms with E-state index in [1.807, 2.05) is 13.8 Å². The molecule has 0 spiro atoms. The van der Waals surface area contributed by atoms with Crippen molar-refractivity contribution in [3.8, 4) is 0 Å². The molecule has 6 heteroatoms. The minimum Gasteiger partial charge on any atom is -0.396 e. The Hall–Kier alpha value is -1.30. The summed E-state index contributed by atoms with van der Waals surface area (Å²) in [5.74, 6) is 0.597. The maximum atomic E-state index is 12.5. The lowest BCUT2D eigenvalue weighted by molar-refractivity contribution is -0.135. The molecule has 6 nitrogen and oxygen atoms in total. The van der Waals surface area contributed by atoms with E-state index >= 15 is 0 Å². The Kier molecular flexibility index (Phi) is 6.78. The predicted octanol–water partition coefficient (Wildman–Crippen LogP) is 0.690. The first-order valence-electron chi connectivity index (χ1n) is 7.39. The predicted molar refractivity (Wildman–Crippen MR) is 77.0 cm³/mol. The monoisotopic (exact) mass is 285 g/mol. The van der Waals surface area contributed by atoms with E-state index < -0.39 is 12.1 Å². The van der Waals surface area contributed by atoms with Gasteiger partial charge in [0.25, 0.3) is 0 Å². The number of nitrogens with two attached hydrogens (primary N) is 1. The number of carbonyl (C=O) groups is 2. The minimum absolute atomic E-state index is 0.0554. The number of nitrogens with zero attached hydrogens (tertiary/aromatic N) is 1. The molecule has 1 aliphatic heterocycles. The molecule has 0 bridgehead atoms. The molecule has 0 aliphatic carbocycles. The summed E-state index contributed by atoms with van der Waals surface area (Å²) in [5.41, 5.74) is 5.16. The molecule has 1 heterocycles. The summed E-state index contributed by atoms with van der Waals surface area (Å²) in [4.78, 5) is 25.4. The van der Waals surface area contributed by atoms with Gasteiger partial charge in [-0.05, 0) is 37.5 Å². The van der Waals surface area contributed by atoms with Crippen molar-refractivity contribution in [2.45, 2.75) is 45.6 Å². The second-order valence-electron chi connectivity index (χ2n) is 6.00. The first-order valence-corrected chi connectivity index (χ1v) is 7.39. The van der Waals surface area contributed by atoms with Gasteiger partial charge in [0.15, 0.2) is 0 Å². The van der Waals surface area contributed by atoms with Gasteiger partial charge >= 0.3 is 6.03 Å². The van der Waals surface area contributed by atoms with E-state index in [4.69, 9.17) is 10.8 Å². The molecule has 116 valence electrons. The van der Waals surface area contributed by atoms with Gasteiger partial charge < -0.3 is 21.1 Å². The summed E-state index contributed by atoms with van der Waals surface area (Å²) in [6.07, 6.45) is 3.30. The zero-order valence-corrected chi connectivity index (χ0v) is 12.5. The van der Waals surface area contributed by atoms with Gasteiger partial charge in [-0.2, -0.15) is 0 Å². The van der Waals surface area contributed by atoms with Gasteiger partial charge in [-0.3, -0.25) is 4.79 Å². The number of amides is 3. The van der Waals surface area contributed by atoms with Crippen molar-refractivity contribution in [3.05, 3.63) is 0 Å². The summed E-state index contributed by atoms with van der Waals surface area (Å²) in [6, 6.07) is -1.20. The van der Waals surface area contributed by atoms with E-state index in [-0.39, 0.29) is 12.5 Å².